The number of methoxy groups -OCH3 is 1. The molecule has 1 aromatic heterocycles. The van der Waals surface area contributed by atoms with Crippen molar-refractivity contribution < 1.29 is 19.2 Å². The van der Waals surface area contributed by atoms with Crippen LogP contribution in [0.1, 0.15) is 0 Å². The summed E-state index contributed by atoms with van der Waals surface area (Å²) < 4.78 is 10.4. The van der Waals surface area contributed by atoms with Gasteiger partial charge in [0.05, 0.1) is 29.7 Å². The molecule has 0 spiro atoms. The van der Waals surface area contributed by atoms with E-state index in [1.807, 2.05) is 0 Å². The van der Waals surface area contributed by atoms with Crippen molar-refractivity contribution in [2.24, 2.45) is 0 Å². The molecule has 0 bridgehead atoms. The van der Waals surface area contributed by atoms with Gasteiger partial charge in [0.25, 0.3) is 5.69 Å². The standard InChI is InChI=1S/C11H12BrN3O5/c1-19-11(16)9-6-20-3-2-14(9)10-8(12)4-7(5-13-10)15(17)18/h4-5,9H,2-3,6H2,1H3. The Morgan fingerprint density at radius 3 is 3.05 bits per heavy atom. The van der Waals surface area contributed by atoms with Crippen LogP contribution in [0.5, 0.6) is 0 Å². The second-order valence-corrected chi connectivity index (χ2v) is 4.92. The Hall–Kier alpha value is -1.74. The number of nitrogens with zero attached hydrogens (tertiary/aromatic N) is 3. The average Bonchev–Trinajstić information content (AvgIpc) is 2.46. The van der Waals surface area contributed by atoms with Gasteiger partial charge in [-0.3, -0.25) is 10.1 Å². The lowest BCUT2D eigenvalue weighted by Gasteiger charge is -2.34. The predicted molar refractivity (Wildman–Crippen MR) is 72.6 cm³/mol. The molecule has 2 rings (SSSR count). The minimum absolute atomic E-state index is 0.122. The lowest BCUT2D eigenvalue weighted by atomic mass is 10.2. The summed E-state index contributed by atoms with van der Waals surface area (Å²) in [5, 5.41) is 10.7. The van der Waals surface area contributed by atoms with E-state index in [-0.39, 0.29) is 12.3 Å². The van der Waals surface area contributed by atoms with Crippen molar-refractivity contribution in [3.8, 4) is 0 Å². The minimum Gasteiger partial charge on any atom is -0.467 e. The molecule has 20 heavy (non-hydrogen) atoms. The zero-order chi connectivity index (χ0) is 14.7. The number of halogens is 1. The number of aromatic nitrogens is 1. The van der Waals surface area contributed by atoms with Gasteiger partial charge >= 0.3 is 5.97 Å². The van der Waals surface area contributed by atoms with Gasteiger partial charge in [-0.05, 0) is 15.9 Å². The van der Waals surface area contributed by atoms with Gasteiger partial charge in [0, 0.05) is 12.6 Å². The maximum Gasteiger partial charge on any atom is 0.330 e. The van der Waals surface area contributed by atoms with E-state index < -0.39 is 16.9 Å². The molecular weight excluding hydrogens is 334 g/mol. The Kier molecular flexibility index (Phi) is 4.50. The summed E-state index contributed by atoms with van der Waals surface area (Å²) in [6.45, 7) is 1.08. The fraction of sp³-hybridized carbons (Fsp3) is 0.455. The monoisotopic (exact) mass is 345 g/mol. The van der Waals surface area contributed by atoms with Crippen LogP contribution in [-0.2, 0) is 14.3 Å². The van der Waals surface area contributed by atoms with E-state index in [2.05, 4.69) is 20.9 Å². The molecule has 1 aliphatic rings. The van der Waals surface area contributed by atoms with Gasteiger partial charge in [0.15, 0.2) is 6.04 Å². The molecule has 0 amide bonds. The van der Waals surface area contributed by atoms with Crippen LogP contribution >= 0.6 is 15.9 Å². The third kappa shape index (κ3) is 2.88. The lowest BCUT2D eigenvalue weighted by Crippen LogP contribution is -2.51. The van der Waals surface area contributed by atoms with Crippen molar-refractivity contribution in [3.05, 3.63) is 26.9 Å². The highest BCUT2D eigenvalue weighted by atomic mass is 79.9. The van der Waals surface area contributed by atoms with E-state index in [0.717, 1.165) is 6.20 Å². The molecule has 108 valence electrons. The molecule has 1 aliphatic heterocycles. The van der Waals surface area contributed by atoms with Crippen molar-refractivity contribution in [3.63, 3.8) is 0 Å². The molecule has 1 fully saturated rings. The van der Waals surface area contributed by atoms with Gasteiger partial charge in [-0.1, -0.05) is 0 Å². The molecular formula is C11H12BrN3O5. The summed E-state index contributed by atoms with van der Waals surface area (Å²) in [6, 6.07) is 0.741. The largest absolute Gasteiger partial charge is 0.467 e. The van der Waals surface area contributed by atoms with E-state index in [9.17, 15) is 14.9 Å². The number of hydrogen-bond acceptors (Lipinski definition) is 7. The van der Waals surface area contributed by atoms with Gasteiger partial charge in [-0.15, -0.1) is 0 Å². The Morgan fingerprint density at radius 2 is 2.45 bits per heavy atom. The van der Waals surface area contributed by atoms with E-state index in [4.69, 9.17) is 9.47 Å². The number of rotatable bonds is 3. The topological polar surface area (TPSA) is 94.8 Å². The Balaban J connectivity index is 2.32. The fourth-order valence-corrected chi connectivity index (χ4v) is 2.48. The van der Waals surface area contributed by atoms with E-state index in [1.165, 1.54) is 13.2 Å². The van der Waals surface area contributed by atoms with E-state index >= 15 is 0 Å². The predicted octanol–water partition coefficient (Wildman–Crippen LogP) is 1.13. The van der Waals surface area contributed by atoms with Crippen LogP contribution in [0.15, 0.2) is 16.7 Å². The minimum atomic E-state index is -0.612. The van der Waals surface area contributed by atoms with Crippen LogP contribution in [0.25, 0.3) is 0 Å². The van der Waals surface area contributed by atoms with Crippen LogP contribution in [-0.4, -0.2) is 48.8 Å². The van der Waals surface area contributed by atoms with Crippen LogP contribution in [0.4, 0.5) is 11.5 Å². The van der Waals surface area contributed by atoms with Crippen LogP contribution in [0.3, 0.4) is 0 Å². The van der Waals surface area contributed by atoms with Gasteiger partial charge in [0.2, 0.25) is 0 Å². The number of morpholine rings is 1. The Morgan fingerprint density at radius 1 is 1.70 bits per heavy atom. The molecule has 1 saturated heterocycles. The van der Waals surface area contributed by atoms with Crippen molar-refractivity contribution in [2.45, 2.75) is 6.04 Å². The van der Waals surface area contributed by atoms with Crippen LogP contribution in [0.2, 0.25) is 0 Å². The molecule has 2 heterocycles. The first-order valence-corrected chi connectivity index (χ1v) is 6.56. The number of ether oxygens (including phenoxy) is 2. The van der Waals surface area contributed by atoms with Gasteiger partial charge in [0.1, 0.15) is 12.0 Å². The maximum atomic E-state index is 11.7. The molecule has 1 unspecified atom stereocenters. The fourth-order valence-electron chi connectivity index (χ4n) is 1.92. The third-order valence-electron chi connectivity index (χ3n) is 2.89. The molecule has 0 saturated carbocycles. The zero-order valence-electron chi connectivity index (χ0n) is 10.6. The number of carbonyl (C=O) groups is 1. The lowest BCUT2D eigenvalue weighted by molar-refractivity contribution is -0.385. The average molecular weight is 346 g/mol. The first-order valence-electron chi connectivity index (χ1n) is 5.76. The summed E-state index contributed by atoms with van der Waals surface area (Å²) in [5.41, 5.74) is -0.122. The molecule has 0 radical (unpaired) electrons. The first kappa shape index (κ1) is 14.7. The highest BCUT2D eigenvalue weighted by molar-refractivity contribution is 9.10. The summed E-state index contributed by atoms with van der Waals surface area (Å²) in [5.74, 6) is 0.0195. The molecule has 1 atom stereocenters. The number of esters is 1. The highest BCUT2D eigenvalue weighted by Crippen LogP contribution is 2.29. The second-order valence-electron chi connectivity index (χ2n) is 4.06. The summed E-state index contributed by atoms with van der Waals surface area (Å²) in [4.78, 5) is 27.7. The zero-order valence-corrected chi connectivity index (χ0v) is 12.2. The molecule has 8 nitrogen and oxygen atoms in total. The number of nitro groups is 1. The molecule has 0 aliphatic carbocycles. The smallest absolute Gasteiger partial charge is 0.330 e. The van der Waals surface area contributed by atoms with Crippen molar-refractivity contribution in [2.75, 3.05) is 31.8 Å². The van der Waals surface area contributed by atoms with Gasteiger partial charge < -0.3 is 14.4 Å². The third-order valence-corrected chi connectivity index (χ3v) is 3.48. The Bertz CT molecular complexity index is 539. The molecule has 9 heteroatoms. The van der Waals surface area contributed by atoms with Gasteiger partial charge in [-0.25, -0.2) is 9.78 Å². The SMILES string of the molecule is COC(=O)C1COCCN1c1ncc([N+](=O)[O-])cc1Br. The first-order chi connectivity index (χ1) is 9.54. The van der Waals surface area contributed by atoms with Crippen LogP contribution in [0, 0.1) is 10.1 Å². The molecule has 1 aromatic rings. The number of hydrogen-bond donors (Lipinski definition) is 0. The van der Waals surface area contributed by atoms with Crippen LogP contribution < -0.4 is 4.90 Å². The van der Waals surface area contributed by atoms with Crippen molar-refractivity contribution in [1.82, 2.24) is 4.98 Å². The normalized spacial score (nSPS) is 18.7. The number of carbonyl (C=O) groups excluding carboxylic acids is 1. The quantitative estimate of drug-likeness (QED) is 0.460. The highest BCUT2D eigenvalue weighted by Gasteiger charge is 2.32. The summed E-state index contributed by atoms with van der Waals surface area (Å²) in [6.07, 6.45) is 1.16. The van der Waals surface area contributed by atoms with E-state index in [1.54, 1.807) is 4.90 Å². The Labute approximate surface area is 123 Å². The van der Waals surface area contributed by atoms with Crippen molar-refractivity contribution in [1.29, 1.82) is 0 Å². The number of pyridine rings is 1. The molecule has 0 N–H and O–H groups in total. The number of anilines is 1. The molecule has 0 aromatic carbocycles. The van der Waals surface area contributed by atoms with Gasteiger partial charge in [-0.2, -0.15) is 0 Å². The maximum absolute atomic E-state index is 11.7. The summed E-state index contributed by atoms with van der Waals surface area (Å²) in [7, 11) is 1.30. The van der Waals surface area contributed by atoms with E-state index in [0.29, 0.717) is 23.4 Å². The summed E-state index contributed by atoms with van der Waals surface area (Å²) >= 11 is 3.25. The van der Waals surface area contributed by atoms with Crippen molar-refractivity contribution >= 4 is 33.4 Å². The second kappa shape index (κ2) is 6.14.